The molecule has 0 aliphatic heterocycles. The second-order valence-electron chi connectivity index (χ2n) is 7.63. The molecule has 138 valence electrons. The predicted octanol–water partition coefficient (Wildman–Crippen LogP) is 4.55. The Labute approximate surface area is 150 Å². The van der Waals surface area contributed by atoms with E-state index in [0.717, 1.165) is 23.9 Å². The molecule has 3 nitrogen and oxygen atoms in total. The fraction of sp³-hybridized carbons (Fsp3) is 0.947. The third-order valence-electron chi connectivity index (χ3n) is 4.69. The standard InChI is InChI=1S/C19H40N2OS/c1-4-5-6-7-8-9-10-11-12-13-16-21(2,3)17-14-15-18(23)19(20)22/h18H,4-17H2,1-3H3,(H2-,20,22,23)/p+1. The number of rotatable bonds is 16. The van der Waals surface area contributed by atoms with Crippen LogP contribution in [0.3, 0.4) is 0 Å². The number of quaternary nitrogens is 1. The van der Waals surface area contributed by atoms with Crippen molar-refractivity contribution in [2.45, 2.75) is 89.2 Å². The first-order valence-corrected chi connectivity index (χ1v) is 10.2. The molecule has 1 atom stereocenters. The summed E-state index contributed by atoms with van der Waals surface area (Å²) in [6.07, 6.45) is 15.7. The lowest BCUT2D eigenvalue weighted by Gasteiger charge is -2.30. The van der Waals surface area contributed by atoms with Gasteiger partial charge in [0.15, 0.2) is 0 Å². The van der Waals surface area contributed by atoms with Crippen LogP contribution in [0.5, 0.6) is 0 Å². The van der Waals surface area contributed by atoms with Crippen LogP contribution in [0, 0.1) is 0 Å². The van der Waals surface area contributed by atoms with Crippen LogP contribution in [0.15, 0.2) is 0 Å². The first-order chi connectivity index (χ1) is 10.9. The van der Waals surface area contributed by atoms with E-state index in [2.05, 4.69) is 33.6 Å². The Bertz CT molecular complexity index is 295. The molecule has 0 aliphatic rings. The highest BCUT2D eigenvalue weighted by Gasteiger charge is 2.16. The van der Waals surface area contributed by atoms with E-state index >= 15 is 0 Å². The number of unbranched alkanes of at least 4 members (excludes halogenated alkanes) is 9. The van der Waals surface area contributed by atoms with Crippen LogP contribution >= 0.6 is 12.6 Å². The minimum Gasteiger partial charge on any atom is -0.369 e. The fourth-order valence-electron chi connectivity index (χ4n) is 2.99. The minimum absolute atomic E-state index is 0.285. The van der Waals surface area contributed by atoms with Crippen molar-refractivity contribution in [3.8, 4) is 0 Å². The quantitative estimate of drug-likeness (QED) is 0.241. The van der Waals surface area contributed by atoms with Crippen molar-refractivity contribution < 1.29 is 9.28 Å². The summed E-state index contributed by atoms with van der Waals surface area (Å²) in [5, 5.41) is -0.285. The highest BCUT2D eigenvalue weighted by molar-refractivity contribution is 7.81. The number of amides is 1. The summed E-state index contributed by atoms with van der Waals surface area (Å²) in [6, 6.07) is 0. The van der Waals surface area contributed by atoms with Gasteiger partial charge in [0.2, 0.25) is 5.91 Å². The summed E-state index contributed by atoms with van der Waals surface area (Å²) in [6.45, 7) is 4.60. The summed E-state index contributed by atoms with van der Waals surface area (Å²) in [5.41, 5.74) is 5.24. The van der Waals surface area contributed by atoms with Crippen LogP contribution in [0.1, 0.15) is 84.0 Å². The van der Waals surface area contributed by atoms with E-state index in [0.29, 0.717) is 0 Å². The molecule has 0 aromatic carbocycles. The predicted molar refractivity (Wildman–Crippen MR) is 105 cm³/mol. The molecule has 0 heterocycles. The van der Waals surface area contributed by atoms with Crippen LogP contribution in [-0.4, -0.2) is 42.8 Å². The van der Waals surface area contributed by atoms with Crippen LogP contribution in [0.25, 0.3) is 0 Å². The number of hydrogen-bond donors (Lipinski definition) is 2. The molecule has 0 fully saturated rings. The highest BCUT2D eigenvalue weighted by Crippen LogP contribution is 2.13. The molecular weight excluding hydrogens is 304 g/mol. The van der Waals surface area contributed by atoms with E-state index in [9.17, 15) is 4.79 Å². The molecule has 0 radical (unpaired) electrons. The molecule has 23 heavy (non-hydrogen) atoms. The van der Waals surface area contributed by atoms with Gasteiger partial charge in [0.1, 0.15) is 0 Å². The lowest BCUT2D eigenvalue weighted by molar-refractivity contribution is -0.890. The maximum absolute atomic E-state index is 11.0. The monoisotopic (exact) mass is 345 g/mol. The van der Waals surface area contributed by atoms with Gasteiger partial charge in [-0.1, -0.05) is 58.3 Å². The zero-order chi connectivity index (χ0) is 17.6. The van der Waals surface area contributed by atoms with Gasteiger partial charge in [-0.2, -0.15) is 12.6 Å². The average Bonchev–Trinajstić information content (AvgIpc) is 2.48. The summed E-state index contributed by atoms with van der Waals surface area (Å²) in [7, 11) is 4.57. The fourth-order valence-corrected chi connectivity index (χ4v) is 3.18. The molecule has 4 heteroatoms. The topological polar surface area (TPSA) is 43.1 Å². The van der Waals surface area contributed by atoms with Gasteiger partial charge in [-0.15, -0.1) is 0 Å². The van der Waals surface area contributed by atoms with Crippen molar-refractivity contribution in [1.82, 2.24) is 0 Å². The summed E-state index contributed by atoms with van der Waals surface area (Å²) < 4.78 is 1.04. The molecule has 1 unspecified atom stereocenters. The van der Waals surface area contributed by atoms with Crippen LogP contribution < -0.4 is 5.73 Å². The number of nitrogens with two attached hydrogens (primary N) is 1. The Balaban J connectivity index is 3.46. The number of carbonyl (C=O) groups excluding carboxylic acids is 1. The van der Waals surface area contributed by atoms with E-state index in [4.69, 9.17) is 5.73 Å². The average molecular weight is 346 g/mol. The first kappa shape index (κ1) is 22.8. The number of primary amides is 1. The molecular formula is C19H41N2OS+. The van der Waals surface area contributed by atoms with Crippen molar-refractivity contribution >= 4 is 18.5 Å². The largest absolute Gasteiger partial charge is 0.369 e. The molecule has 2 N–H and O–H groups in total. The van der Waals surface area contributed by atoms with Gasteiger partial charge >= 0.3 is 0 Å². The van der Waals surface area contributed by atoms with Crippen molar-refractivity contribution in [3.05, 3.63) is 0 Å². The third kappa shape index (κ3) is 15.1. The van der Waals surface area contributed by atoms with E-state index < -0.39 is 0 Å². The summed E-state index contributed by atoms with van der Waals surface area (Å²) >= 11 is 4.22. The normalized spacial score (nSPS) is 13.2. The Morgan fingerprint density at radius 2 is 1.30 bits per heavy atom. The highest BCUT2D eigenvalue weighted by atomic mass is 32.1. The van der Waals surface area contributed by atoms with Crippen LogP contribution in [0.2, 0.25) is 0 Å². The van der Waals surface area contributed by atoms with Gasteiger partial charge in [-0.3, -0.25) is 4.79 Å². The molecule has 0 bridgehead atoms. The van der Waals surface area contributed by atoms with Crippen molar-refractivity contribution in [2.75, 3.05) is 27.2 Å². The SMILES string of the molecule is CCCCCCCCCCCC[N+](C)(C)CCCC(S)C(N)=O. The number of carbonyl (C=O) groups is 1. The minimum atomic E-state index is -0.298. The van der Waals surface area contributed by atoms with Crippen LogP contribution in [-0.2, 0) is 4.79 Å². The first-order valence-electron chi connectivity index (χ1n) is 9.68. The van der Waals surface area contributed by atoms with Crippen molar-refractivity contribution in [3.63, 3.8) is 0 Å². The number of thiol groups is 1. The molecule has 0 spiro atoms. The van der Waals surface area contributed by atoms with Crippen molar-refractivity contribution in [2.24, 2.45) is 5.73 Å². The molecule has 0 rings (SSSR count). The van der Waals surface area contributed by atoms with E-state index in [1.807, 2.05) is 0 Å². The third-order valence-corrected chi connectivity index (χ3v) is 5.20. The number of nitrogens with zero attached hydrogens (tertiary/aromatic N) is 1. The molecule has 0 saturated heterocycles. The molecule has 0 saturated carbocycles. The maximum atomic E-state index is 11.0. The lowest BCUT2D eigenvalue weighted by atomic mass is 10.1. The Kier molecular flexibility index (Phi) is 14.0. The summed E-state index contributed by atoms with van der Waals surface area (Å²) in [5.74, 6) is -0.298. The van der Waals surface area contributed by atoms with Gasteiger partial charge in [0.05, 0.1) is 32.4 Å². The van der Waals surface area contributed by atoms with Gasteiger partial charge in [-0.05, 0) is 25.7 Å². The van der Waals surface area contributed by atoms with Crippen LogP contribution in [0.4, 0.5) is 0 Å². The Morgan fingerprint density at radius 1 is 0.870 bits per heavy atom. The van der Waals surface area contributed by atoms with Gasteiger partial charge < -0.3 is 10.2 Å². The zero-order valence-electron chi connectivity index (χ0n) is 15.9. The second kappa shape index (κ2) is 14.2. The van der Waals surface area contributed by atoms with Gasteiger partial charge in [0.25, 0.3) is 0 Å². The smallest absolute Gasteiger partial charge is 0.230 e. The van der Waals surface area contributed by atoms with E-state index in [1.54, 1.807) is 0 Å². The van der Waals surface area contributed by atoms with E-state index in [1.165, 1.54) is 70.8 Å². The Hall–Kier alpha value is -0.220. The maximum Gasteiger partial charge on any atom is 0.230 e. The van der Waals surface area contributed by atoms with Gasteiger partial charge in [-0.25, -0.2) is 0 Å². The van der Waals surface area contributed by atoms with Crippen molar-refractivity contribution in [1.29, 1.82) is 0 Å². The number of hydrogen-bond acceptors (Lipinski definition) is 2. The molecule has 0 aliphatic carbocycles. The lowest BCUT2D eigenvalue weighted by Crippen LogP contribution is -2.41. The molecule has 1 amide bonds. The molecule has 0 aromatic rings. The molecule has 0 aromatic heterocycles. The Morgan fingerprint density at radius 3 is 1.78 bits per heavy atom. The summed E-state index contributed by atoms with van der Waals surface area (Å²) in [4.78, 5) is 11.0. The second-order valence-corrected chi connectivity index (χ2v) is 8.25. The van der Waals surface area contributed by atoms with E-state index in [-0.39, 0.29) is 11.2 Å². The van der Waals surface area contributed by atoms with Gasteiger partial charge in [0, 0.05) is 0 Å². The zero-order valence-corrected chi connectivity index (χ0v) is 16.8.